The monoisotopic (exact) mass is 458 g/mol. The number of ether oxygens (including phenoxy) is 1. The number of β-amino-alcohol motifs (C(OH)–C–C–N with tert-alkyl or cyclic N) is 1. The molecule has 0 aliphatic carbocycles. The third-order valence-corrected chi connectivity index (χ3v) is 5.02. The predicted octanol–water partition coefficient (Wildman–Crippen LogP) is 2.35. The van der Waals surface area contributed by atoms with Gasteiger partial charge in [-0.1, -0.05) is 28.1 Å². The summed E-state index contributed by atoms with van der Waals surface area (Å²) >= 11 is 3.34. The molecule has 0 fully saturated rings. The largest absolute Gasteiger partial charge is 0.466 e. The predicted molar refractivity (Wildman–Crippen MR) is 110 cm³/mol. The molecule has 0 atom stereocenters. The molecule has 0 saturated heterocycles. The van der Waals surface area contributed by atoms with Gasteiger partial charge in [-0.3, -0.25) is 9.59 Å². The highest BCUT2D eigenvalue weighted by Crippen LogP contribution is 2.26. The number of nitrogens with one attached hydrogen (secondary N) is 1. The second-order valence-electron chi connectivity index (χ2n) is 6.30. The molecule has 29 heavy (non-hydrogen) atoms. The number of anilines is 1. The van der Waals surface area contributed by atoms with Crippen LogP contribution in [0.1, 0.15) is 15.9 Å². The van der Waals surface area contributed by atoms with Gasteiger partial charge in [-0.25, -0.2) is 4.79 Å². The van der Waals surface area contributed by atoms with Gasteiger partial charge in [0.2, 0.25) is 0 Å². The Morgan fingerprint density at radius 3 is 2.52 bits per heavy atom. The average molecular weight is 459 g/mol. The van der Waals surface area contributed by atoms with E-state index in [4.69, 9.17) is 9.84 Å². The number of carbonyl (C=O) groups is 3. The molecule has 3 rings (SSSR count). The van der Waals surface area contributed by atoms with Crippen molar-refractivity contribution in [3.8, 4) is 0 Å². The van der Waals surface area contributed by atoms with Crippen LogP contribution >= 0.6 is 15.9 Å². The maximum absolute atomic E-state index is 13.0. The highest BCUT2D eigenvalue weighted by Gasteiger charge is 2.34. The van der Waals surface area contributed by atoms with Crippen LogP contribution in [0.15, 0.2) is 64.3 Å². The molecule has 1 aliphatic heterocycles. The second-order valence-corrected chi connectivity index (χ2v) is 7.22. The molecule has 0 unspecified atom stereocenters. The van der Waals surface area contributed by atoms with Crippen LogP contribution in [-0.2, 0) is 14.3 Å². The van der Waals surface area contributed by atoms with Gasteiger partial charge in [0.25, 0.3) is 5.91 Å². The van der Waals surface area contributed by atoms with E-state index in [0.29, 0.717) is 16.8 Å². The summed E-state index contributed by atoms with van der Waals surface area (Å²) in [4.78, 5) is 39.2. The summed E-state index contributed by atoms with van der Waals surface area (Å²) in [6.07, 6.45) is 0. The van der Waals surface area contributed by atoms with Crippen LogP contribution in [-0.4, -0.2) is 54.5 Å². The van der Waals surface area contributed by atoms with Gasteiger partial charge < -0.3 is 20.1 Å². The number of amides is 1. The maximum Gasteiger partial charge on any atom is 0.337 e. The van der Waals surface area contributed by atoms with Crippen molar-refractivity contribution in [3.05, 3.63) is 75.4 Å². The van der Waals surface area contributed by atoms with E-state index >= 15 is 0 Å². The zero-order chi connectivity index (χ0) is 21.0. The fraction of sp³-hybridized carbons (Fsp3) is 0.190. The van der Waals surface area contributed by atoms with Gasteiger partial charge in [0.1, 0.15) is 5.70 Å². The molecule has 1 amide bonds. The van der Waals surface area contributed by atoms with Crippen LogP contribution in [0, 0.1) is 0 Å². The van der Waals surface area contributed by atoms with Gasteiger partial charge in [0.15, 0.2) is 5.78 Å². The normalized spacial score (nSPS) is 13.6. The average Bonchev–Trinajstić information content (AvgIpc) is 3.04. The van der Waals surface area contributed by atoms with E-state index in [-0.39, 0.29) is 36.7 Å². The van der Waals surface area contributed by atoms with Gasteiger partial charge in [0.05, 0.1) is 25.8 Å². The molecule has 1 aliphatic rings. The summed E-state index contributed by atoms with van der Waals surface area (Å²) in [6, 6.07) is 13.7. The lowest BCUT2D eigenvalue weighted by atomic mass is 10.0. The van der Waals surface area contributed by atoms with Gasteiger partial charge >= 0.3 is 5.97 Å². The molecule has 2 aromatic rings. The lowest BCUT2D eigenvalue weighted by molar-refractivity contribution is -0.136. The Morgan fingerprint density at radius 2 is 1.86 bits per heavy atom. The Morgan fingerprint density at radius 1 is 1.17 bits per heavy atom. The molecule has 8 heteroatoms. The van der Waals surface area contributed by atoms with Crippen LogP contribution in [0.5, 0.6) is 0 Å². The van der Waals surface area contributed by atoms with Crippen molar-refractivity contribution in [3.63, 3.8) is 0 Å². The van der Waals surface area contributed by atoms with Crippen molar-refractivity contribution in [2.45, 2.75) is 0 Å². The molecule has 0 radical (unpaired) electrons. The van der Waals surface area contributed by atoms with E-state index < -0.39 is 11.9 Å². The van der Waals surface area contributed by atoms with E-state index in [2.05, 4.69) is 21.2 Å². The van der Waals surface area contributed by atoms with Crippen LogP contribution in [0.3, 0.4) is 0 Å². The number of halogens is 1. The zero-order valence-electron chi connectivity index (χ0n) is 15.6. The molecule has 150 valence electrons. The number of benzene rings is 2. The molecule has 2 aromatic carbocycles. The van der Waals surface area contributed by atoms with Crippen molar-refractivity contribution >= 4 is 39.3 Å². The van der Waals surface area contributed by atoms with Crippen LogP contribution in [0.2, 0.25) is 0 Å². The SMILES string of the molecule is COC(=O)C1=C(Nc2ccccc2C(=O)c2ccc(Br)cc2)C(=O)N(CCO)C1. The first-order valence-corrected chi connectivity index (χ1v) is 9.63. The first-order chi connectivity index (χ1) is 14.0. The number of esters is 1. The standard InChI is InChI=1S/C21H19BrN2O5/c1-29-21(28)16-12-24(10-11-25)20(27)18(16)23-17-5-3-2-4-15(17)19(26)13-6-8-14(22)9-7-13/h2-9,23,25H,10-12H2,1H3. The summed E-state index contributed by atoms with van der Waals surface area (Å²) in [6.45, 7) is -0.118. The summed E-state index contributed by atoms with van der Waals surface area (Å²) in [5.74, 6) is -1.30. The summed E-state index contributed by atoms with van der Waals surface area (Å²) in [5.41, 5.74) is 1.44. The molecule has 7 nitrogen and oxygen atoms in total. The fourth-order valence-electron chi connectivity index (χ4n) is 3.03. The topological polar surface area (TPSA) is 95.9 Å². The van der Waals surface area contributed by atoms with Crippen molar-refractivity contribution in [2.24, 2.45) is 0 Å². The number of hydrogen-bond donors (Lipinski definition) is 2. The van der Waals surface area contributed by atoms with Gasteiger partial charge in [-0.05, 0) is 36.4 Å². The molecular weight excluding hydrogens is 440 g/mol. The van der Waals surface area contributed by atoms with Crippen LogP contribution in [0.25, 0.3) is 0 Å². The fourth-order valence-corrected chi connectivity index (χ4v) is 3.29. The highest BCUT2D eigenvalue weighted by atomic mass is 79.9. The van der Waals surface area contributed by atoms with Crippen molar-refractivity contribution in [2.75, 3.05) is 32.1 Å². The molecule has 0 spiro atoms. The number of carbonyl (C=O) groups excluding carboxylic acids is 3. The summed E-state index contributed by atoms with van der Waals surface area (Å²) in [5, 5.41) is 12.1. The number of hydrogen-bond acceptors (Lipinski definition) is 6. The molecule has 2 N–H and O–H groups in total. The quantitative estimate of drug-likeness (QED) is 0.488. The number of rotatable bonds is 7. The van der Waals surface area contributed by atoms with E-state index in [9.17, 15) is 14.4 Å². The first kappa shape index (κ1) is 20.8. The first-order valence-electron chi connectivity index (χ1n) is 8.84. The number of nitrogens with zero attached hydrogens (tertiary/aromatic N) is 1. The van der Waals surface area contributed by atoms with Gasteiger partial charge in [0, 0.05) is 27.8 Å². The number of aliphatic hydroxyl groups is 1. The molecule has 0 aromatic heterocycles. The summed E-state index contributed by atoms with van der Waals surface area (Å²) in [7, 11) is 1.23. The van der Waals surface area contributed by atoms with E-state index in [0.717, 1.165) is 4.47 Å². The van der Waals surface area contributed by atoms with E-state index in [1.54, 1.807) is 48.5 Å². The second kappa shape index (κ2) is 9.02. The Kier molecular flexibility index (Phi) is 6.46. The minimum absolute atomic E-state index is 0.0250. The summed E-state index contributed by atoms with van der Waals surface area (Å²) < 4.78 is 5.64. The van der Waals surface area contributed by atoms with Crippen molar-refractivity contribution in [1.82, 2.24) is 4.90 Å². The minimum atomic E-state index is -0.641. The molecular formula is C21H19BrN2O5. The van der Waals surface area contributed by atoms with Crippen molar-refractivity contribution in [1.29, 1.82) is 0 Å². The molecule has 0 bridgehead atoms. The van der Waals surface area contributed by atoms with Crippen LogP contribution < -0.4 is 5.32 Å². The van der Waals surface area contributed by atoms with E-state index in [1.165, 1.54) is 12.0 Å². The molecule has 0 saturated carbocycles. The Balaban J connectivity index is 1.97. The number of methoxy groups -OCH3 is 1. The highest BCUT2D eigenvalue weighted by molar-refractivity contribution is 9.10. The smallest absolute Gasteiger partial charge is 0.337 e. The number of para-hydroxylation sites is 1. The third-order valence-electron chi connectivity index (χ3n) is 4.49. The van der Waals surface area contributed by atoms with E-state index in [1.807, 2.05) is 0 Å². The van der Waals surface area contributed by atoms with Crippen LogP contribution in [0.4, 0.5) is 5.69 Å². The third kappa shape index (κ3) is 4.38. The zero-order valence-corrected chi connectivity index (χ0v) is 17.2. The maximum atomic E-state index is 13.0. The Hall–Kier alpha value is -2.97. The Bertz CT molecular complexity index is 985. The lowest BCUT2D eigenvalue weighted by Gasteiger charge is -2.16. The van der Waals surface area contributed by atoms with Gasteiger partial charge in [-0.15, -0.1) is 0 Å². The minimum Gasteiger partial charge on any atom is -0.466 e. The Labute approximate surface area is 176 Å². The molecule has 1 heterocycles. The van der Waals surface area contributed by atoms with Crippen molar-refractivity contribution < 1.29 is 24.2 Å². The number of ketones is 1. The number of aliphatic hydroxyl groups excluding tert-OH is 1. The lowest BCUT2D eigenvalue weighted by Crippen LogP contribution is -2.31. The van der Waals surface area contributed by atoms with Gasteiger partial charge in [-0.2, -0.15) is 0 Å².